The van der Waals surface area contributed by atoms with E-state index in [0.717, 1.165) is 38.8 Å². The molecule has 0 bridgehead atoms. The molecule has 1 aromatic carbocycles. The maximum absolute atomic E-state index is 11.0. The van der Waals surface area contributed by atoms with Crippen LogP contribution in [0.2, 0.25) is 0 Å². The maximum Gasteiger partial charge on any atom is 0.306 e. The van der Waals surface area contributed by atoms with Gasteiger partial charge in [0.25, 0.3) is 0 Å². The lowest BCUT2D eigenvalue weighted by Crippen LogP contribution is -2.43. The van der Waals surface area contributed by atoms with E-state index in [2.05, 4.69) is 43.0 Å². The minimum atomic E-state index is -0.628. The summed E-state index contributed by atoms with van der Waals surface area (Å²) in [7, 11) is 0. The Morgan fingerprint density at radius 2 is 1.90 bits per heavy atom. The van der Waals surface area contributed by atoms with Crippen molar-refractivity contribution < 1.29 is 9.90 Å². The van der Waals surface area contributed by atoms with Crippen molar-refractivity contribution in [3.8, 4) is 0 Å². The van der Waals surface area contributed by atoms with Crippen LogP contribution in [0.4, 0.5) is 0 Å². The second-order valence-corrected chi connectivity index (χ2v) is 5.90. The molecule has 1 aromatic rings. The lowest BCUT2D eigenvalue weighted by atomic mass is 9.93. The molecular formula is C17H25NO2. The summed E-state index contributed by atoms with van der Waals surface area (Å²) in [5.74, 6) is -0.764. The van der Waals surface area contributed by atoms with Crippen LogP contribution in [0.3, 0.4) is 0 Å². The summed E-state index contributed by atoms with van der Waals surface area (Å²) < 4.78 is 0. The Morgan fingerprint density at radius 3 is 2.40 bits per heavy atom. The van der Waals surface area contributed by atoms with E-state index >= 15 is 0 Å². The summed E-state index contributed by atoms with van der Waals surface area (Å²) in [5, 5.41) is 9.06. The van der Waals surface area contributed by atoms with Crippen LogP contribution in [0.25, 0.3) is 0 Å². The number of hydrogen-bond donors (Lipinski definition) is 1. The summed E-state index contributed by atoms with van der Waals surface area (Å²) in [4.78, 5) is 13.5. The minimum absolute atomic E-state index is 0.136. The fourth-order valence-corrected chi connectivity index (χ4v) is 3.04. The molecule has 1 fully saturated rings. The Morgan fingerprint density at radius 1 is 1.30 bits per heavy atom. The highest BCUT2D eigenvalue weighted by atomic mass is 16.4. The highest BCUT2D eigenvalue weighted by Crippen LogP contribution is 2.22. The number of hydrogen-bond acceptors (Lipinski definition) is 2. The number of aliphatic carboxylic acids is 1. The van der Waals surface area contributed by atoms with Crippen molar-refractivity contribution in [2.24, 2.45) is 5.92 Å². The van der Waals surface area contributed by atoms with Gasteiger partial charge in [0, 0.05) is 6.04 Å². The molecule has 3 heteroatoms. The third-order valence-electron chi connectivity index (χ3n) is 4.46. The van der Waals surface area contributed by atoms with Gasteiger partial charge in [0.2, 0.25) is 0 Å². The van der Waals surface area contributed by atoms with Crippen LogP contribution in [0.5, 0.6) is 0 Å². The number of benzene rings is 1. The molecule has 110 valence electrons. The van der Waals surface area contributed by atoms with Crippen LogP contribution in [0.15, 0.2) is 24.3 Å². The molecule has 0 aliphatic carbocycles. The van der Waals surface area contributed by atoms with Gasteiger partial charge in [0.05, 0.1) is 5.92 Å². The summed E-state index contributed by atoms with van der Waals surface area (Å²) in [6.45, 7) is 6.17. The van der Waals surface area contributed by atoms with Crippen LogP contribution < -0.4 is 0 Å². The molecule has 0 saturated carbocycles. The Bertz CT molecular complexity index is 433. The number of carboxylic acid groups (broad SMARTS) is 1. The number of aryl methyl sites for hydroxylation is 1. The van der Waals surface area contributed by atoms with E-state index < -0.39 is 5.97 Å². The molecule has 1 heterocycles. The van der Waals surface area contributed by atoms with Gasteiger partial charge in [-0.1, -0.05) is 36.8 Å². The van der Waals surface area contributed by atoms with Gasteiger partial charge >= 0.3 is 5.97 Å². The van der Waals surface area contributed by atoms with Crippen molar-refractivity contribution in [2.45, 2.75) is 45.6 Å². The highest BCUT2D eigenvalue weighted by Gasteiger charge is 2.27. The molecular weight excluding hydrogens is 250 g/mol. The van der Waals surface area contributed by atoms with Gasteiger partial charge in [-0.3, -0.25) is 4.79 Å². The predicted molar refractivity (Wildman–Crippen MR) is 80.9 cm³/mol. The topological polar surface area (TPSA) is 40.5 Å². The first-order valence-electron chi connectivity index (χ1n) is 7.62. The average Bonchev–Trinajstić information content (AvgIpc) is 2.47. The maximum atomic E-state index is 11.0. The summed E-state index contributed by atoms with van der Waals surface area (Å²) in [6.07, 6.45) is 3.76. The molecule has 0 amide bonds. The lowest BCUT2D eigenvalue weighted by Gasteiger charge is -2.36. The number of carboxylic acids is 1. The number of likely N-dealkylation sites (tertiary alicyclic amines) is 1. The van der Waals surface area contributed by atoms with Gasteiger partial charge in [-0.25, -0.2) is 0 Å². The lowest BCUT2D eigenvalue weighted by molar-refractivity contribution is -0.143. The van der Waals surface area contributed by atoms with Crippen molar-refractivity contribution in [2.75, 3.05) is 13.1 Å². The first-order valence-corrected chi connectivity index (χ1v) is 7.62. The van der Waals surface area contributed by atoms with Crippen LogP contribution in [-0.4, -0.2) is 35.1 Å². The molecule has 1 aliphatic heterocycles. The smallest absolute Gasteiger partial charge is 0.306 e. The molecule has 0 aromatic heterocycles. The normalized spacial score (nSPS) is 18.9. The predicted octanol–water partition coefficient (Wildman–Crippen LogP) is 3.11. The molecule has 2 rings (SSSR count). The van der Waals surface area contributed by atoms with E-state index in [0.29, 0.717) is 6.04 Å². The van der Waals surface area contributed by atoms with Crippen LogP contribution in [0.1, 0.15) is 37.3 Å². The quantitative estimate of drug-likeness (QED) is 0.897. The first kappa shape index (κ1) is 15.0. The van der Waals surface area contributed by atoms with Crippen molar-refractivity contribution in [3.05, 3.63) is 35.4 Å². The Balaban J connectivity index is 1.92. The van der Waals surface area contributed by atoms with Crippen molar-refractivity contribution in [1.29, 1.82) is 0 Å². The molecule has 1 aliphatic rings. The molecule has 20 heavy (non-hydrogen) atoms. The number of carbonyl (C=O) groups is 1. The van der Waals surface area contributed by atoms with Crippen LogP contribution in [-0.2, 0) is 11.2 Å². The van der Waals surface area contributed by atoms with Gasteiger partial charge in [-0.05, 0) is 51.3 Å². The Hall–Kier alpha value is -1.35. The van der Waals surface area contributed by atoms with Gasteiger partial charge in [-0.2, -0.15) is 0 Å². The van der Waals surface area contributed by atoms with Crippen molar-refractivity contribution in [1.82, 2.24) is 4.90 Å². The van der Waals surface area contributed by atoms with E-state index in [1.165, 1.54) is 11.1 Å². The molecule has 0 radical (unpaired) electrons. The molecule has 1 unspecified atom stereocenters. The van der Waals surface area contributed by atoms with E-state index in [9.17, 15) is 4.79 Å². The van der Waals surface area contributed by atoms with Crippen LogP contribution in [0, 0.1) is 12.8 Å². The zero-order chi connectivity index (χ0) is 14.5. The SMILES string of the molecule is CCC(Cc1ccc(C)cc1)N1CCC(C(=O)O)CC1. The minimum Gasteiger partial charge on any atom is -0.481 e. The summed E-state index contributed by atoms with van der Waals surface area (Å²) in [6, 6.07) is 9.29. The molecule has 0 spiro atoms. The number of piperidine rings is 1. The molecule has 3 nitrogen and oxygen atoms in total. The number of rotatable bonds is 5. The fourth-order valence-electron chi connectivity index (χ4n) is 3.04. The van der Waals surface area contributed by atoms with Crippen molar-refractivity contribution >= 4 is 5.97 Å². The summed E-state index contributed by atoms with van der Waals surface area (Å²) >= 11 is 0. The Kier molecular flexibility index (Phi) is 5.18. The summed E-state index contributed by atoms with van der Waals surface area (Å²) in [5.41, 5.74) is 2.67. The standard InChI is InChI=1S/C17H25NO2/c1-3-16(12-14-6-4-13(2)5-7-14)18-10-8-15(9-11-18)17(19)20/h4-7,15-16H,3,8-12H2,1-2H3,(H,19,20). The zero-order valence-corrected chi connectivity index (χ0v) is 12.5. The molecule has 1 atom stereocenters. The van der Waals surface area contributed by atoms with Gasteiger partial charge in [-0.15, -0.1) is 0 Å². The van der Waals surface area contributed by atoms with Crippen LogP contribution >= 0.6 is 0 Å². The second kappa shape index (κ2) is 6.89. The third kappa shape index (κ3) is 3.83. The van der Waals surface area contributed by atoms with Gasteiger partial charge < -0.3 is 10.0 Å². The first-order chi connectivity index (χ1) is 9.60. The largest absolute Gasteiger partial charge is 0.481 e. The molecule has 1 N–H and O–H groups in total. The van der Waals surface area contributed by atoms with Crippen molar-refractivity contribution in [3.63, 3.8) is 0 Å². The third-order valence-corrected chi connectivity index (χ3v) is 4.46. The van der Waals surface area contributed by atoms with E-state index in [-0.39, 0.29) is 5.92 Å². The fraction of sp³-hybridized carbons (Fsp3) is 0.588. The van der Waals surface area contributed by atoms with E-state index in [4.69, 9.17) is 5.11 Å². The van der Waals surface area contributed by atoms with Gasteiger partial charge in [0.1, 0.15) is 0 Å². The number of nitrogens with zero attached hydrogens (tertiary/aromatic N) is 1. The highest BCUT2D eigenvalue weighted by molar-refractivity contribution is 5.70. The van der Waals surface area contributed by atoms with E-state index in [1.807, 2.05) is 0 Å². The molecule has 1 saturated heterocycles. The zero-order valence-electron chi connectivity index (χ0n) is 12.5. The average molecular weight is 275 g/mol. The Labute approximate surface area is 121 Å². The van der Waals surface area contributed by atoms with E-state index in [1.54, 1.807) is 0 Å². The second-order valence-electron chi connectivity index (χ2n) is 5.90. The van der Waals surface area contributed by atoms with Gasteiger partial charge in [0.15, 0.2) is 0 Å². The monoisotopic (exact) mass is 275 g/mol.